The first-order chi connectivity index (χ1) is 14.0. The second-order valence-corrected chi connectivity index (χ2v) is 9.64. The van der Waals surface area contributed by atoms with Gasteiger partial charge in [0.2, 0.25) is 5.91 Å². The standard InChI is InChI=1S/C20H27N5O3S/c1-13-3-14(2)25(22-13)8-19(27)24-6-17-16(9-26)18-7-23(5-15-4-21-12-29-15)10-20(17,11-24)28-18/h3-4,12,16-18,26H,5-11H2,1-2H3/t16-,17+,18+,20+/m0/s1. The number of ether oxygens (including phenoxy) is 1. The number of thiazole rings is 1. The third kappa shape index (κ3) is 3.30. The van der Waals surface area contributed by atoms with Crippen molar-refractivity contribution in [3.05, 3.63) is 34.0 Å². The summed E-state index contributed by atoms with van der Waals surface area (Å²) in [4.78, 5) is 22.8. The number of aliphatic hydroxyl groups is 1. The number of aryl methyl sites for hydroxylation is 2. The van der Waals surface area contributed by atoms with E-state index in [-0.39, 0.29) is 42.6 Å². The van der Waals surface area contributed by atoms with E-state index in [0.717, 1.165) is 31.0 Å². The van der Waals surface area contributed by atoms with Crippen molar-refractivity contribution in [3.8, 4) is 0 Å². The molecule has 0 radical (unpaired) electrons. The number of rotatable bonds is 5. The summed E-state index contributed by atoms with van der Waals surface area (Å²) in [5.41, 5.74) is 3.39. The van der Waals surface area contributed by atoms with Crippen molar-refractivity contribution >= 4 is 17.2 Å². The molecule has 0 unspecified atom stereocenters. The maximum absolute atomic E-state index is 13.0. The lowest BCUT2D eigenvalue weighted by atomic mass is 9.83. The third-order valence-electron chi connectivity index (χ3n) is 6.68. The Morgan fingerprint density at radius 1 is 1.38 bits per heavy atom. The minimum atomic E-state index is -0.383. The number of nitrogens with zero attached hydrogens (tertiary/aromatic N) is 5. The van der Waals surface area contributed by atoms with Gasteiger partial charge in [0.05, 0.1) is 23.9 Å². The van der Waals surface area contributed by atoms with E-state index in [0.29, 0.717) is 13.1 Å². The van der Waals surface area contributed by atoms with Gasteiger partial charge in [0.15, 0.2) is 0 Å². The summed E-state index contributed by atoms with van der Waals surface area (Å²) in [7, 11) is 0. The molecule has 1 amide bonds. The molecule has 3 aliphatic heterocycles. The zero-order valence-electron chi connectivity index (χ0n) is 16.8. The van der Waals surface area contributed by atoms with Gasteiger partial charge in [-0.1, -0.05) is 0 Å². The summed E-state index contributed by atoms with van der Waals surface area (Å²) >= 11 is 1.66. The molecule has 2 bridgehead atoms. The van der Waals surface area contributed by atoms with E-state index in [2.05, 4.69) is 15.0 Å². The number of morpholine rings is 1. The average molecular weight is 418 g/mol. The number of aromatic nitrogens is 3. The Morgan fingerprint density at radius 2 is 2.24 bits per heavy atom. The molecule has 0 saturated carbocycles. The fraction of sp³-hybridized carbons (Fsp3) is 0.650. The topological polar surface area (TPSA) is 83.7 Å². The van der Waals surface area contributed by atoms with E-state index in [1.54, 1.807) is 16.0 Å². The molecule has 0 aliphatic carbocycles. The fourth-order valence-electron chi connectivity index (χ4n) is 5.44. The molecule has 4 atom stereocenters. The summed E-state index contributed by atoms with van der Waals surface area (Å²) in [6.45, 7) is 7.94. The van der Waals surface area contributed by atoms with E-state index in [9.17, 15) is 9.90 Å². The van der Waals surface area contributed by atoms with Crippen LogP contribution in [0.2, 0.25) is 0 Å². The number of likely N-dealkylation sites (tertiary alicyclic amines) is 2. The number of fused-ring (bicyclic) bond motifs is 1. The van der Waals surface area contributed by atoms with Crippen LogP contribution in [0, 0.1) is 25.7 Å². The van der Waals surface area contributed by atoms with Gasteiger partial charge in [-0.25, -0.2) is 0 Å². The molecule has 3 aliphatic rings. The molecule has 9 heteroatoms. The van der Waals surface area contributed by atoms with Crippen molar-refractivity contribution in [2.75, 3.05) is 32.8 Å². The molecular formula is C20H27N5O3S. The van der Waals surface area contributed by atoms with Gasteiger partial charge in [0.25, 0.3) is 0 Å². The molecule has 2 aromatic rings. The van der Waals surface area contributed by atoms with E-state index < -0.39 is 0 Å². The summed E-state index contributed by atoms with van der Waals surface area (Å²) in [5, 5.41) is 14.5. The molecule has 5 heterocycles. The summed E-state index contributed by atoms with van der Waals surface area (Å²) in [6.07, 6.45) is 1.94. The van der Waals surface area contributed by atoms with Gasteiger partial charge in [-0.15, -0.1) is 11.3 Å². The molecule has 3 fully saturated rings. The summed E-state index contributed by atoms with van der Waals surface area (Å²) in [6, 6.07) is 1.98. The number of carbonyl (C=O) groups is 1. The number of hydrogen-bond acceptors (Lipinski definition) is 7. The van der Waals surface area contributed by atoms with Crippen LogP contribution in [-0.4, -0.2) is 80.1 Å². The highest BCUT2D eigenvalue weighted by Gasteiger charge is 2.62. The molecule has 3 saturated heterocycles. The normalized spacial score (nSPS) is 31.4. The quantitative estimate of drug-likeness (QED) is 0.770. The average Bonchev–Trinajstić information content (AvgIpc) is 3.40. The fourth-order valence-corrected chi connectivity index (χ4v) is 6.08. The van der Waals surface area contributed by atoms with Gasteiger partial charge in [0.1, 0.15) is 12.1 Å². The molecular weight excluding hydrogens is 390 g/mol. The van der Waals surface area contributed by atoms with Crippen LogP contribution in [0.1, 0.15) is 16.3 Å². The molecule has 156 valence electrons. The van der Waals surface area contributed by atoms with Crippen LogP contribution in [-0.2, 0) is 22.6 Å². The monoisotopic (exact) mass is 417 g/mol. The van der Waals surface area contributed by atoms with Crippen LogP contribution in [0.15, 0.2) is 17.8 Å². The number of hydrogen-bond donors (Lipinski definition) is 1. The molecule has 29 heavy (non-hydrogen) atoms. The van der Waals surface area contributed by atoms with Gasteiger partial charge >= 0.3 is 0 Å². The van der Waals surface area contributed by atoms with Crippen molar-refractivity contribution < 1.29 is 14.6 Å². The van der Waals surface area contributed by atoms with Crippen molar-refractivity contribution in [3.63, 3.8) is 0 Å². The number of carbonyl (C=O) groups excluding carboxylic acids is 1. The first-order valence-corrected chi connectivity index (χ1v) is 11.0. The predicted octanol–water partition coefficient (Wildman–Crippen LogP) is 0.677. The predicted molar refractivity (Wildman–Crippen MR) is 107 cm³/mol. The largest absolute Gasteiger partial charge is 0.396 e. The van der Waals surface area contributed by atoms with Crippen LogP contribution in [0.4, 0.5) is 0 Å². The second-order valence-electron chi connectivity index (χ2n) is 8.67. The lowest BCUT2D eigenvalue weighted by Gasteiger charge is -2.40. The van der Waals surface area contributed by atoms with E-state index in [1.165, 1.54) is 4.88 Å². The molecule has 1 spiro atoms. The van der Waals surface area contributed by atoms with Gasteiger partial charge < -0.3 is 14.7 Å². The van der Waals surface area contributed by atoms with E-state index >= 15 is 0 Å². The zero-order chi connectivity index (χ0) is 20.2. The van der Waals surface area contributed by atoms with Crippen molar-refractivity contribution in [1.29, 1.82) is 0 Å². The van der Waals surface area contributed by atoms with E-state index in [1.807, 2.05) is 36.5 Å². The van der Waals surface area contributed by atoms with E-state index in [4.69, 9.17) is 4.74 Å². The Bertz CT molecular complexity index is 900. The lowest BCUT2D eigenvalue weighted by molar-refractivity contribution is -0.139. The molecule has 5 rings (SSSR count). The molecule has 0 aromatic carbocycles. The highest BCUT2D eigenvalue weighted by atomic mass is 32.1. The maximum Gasteiger partial charge on any atom is 0.244 e. The van der Waals surface area contributed by atoms with Gasteiger partial charge in [-0.3, -0.25) is 19.4 Å². The summed E-state index contributed by atoms with van der Waals surface area (Å²) in [5.74, 6) is 0.317. The number of aliphatic hydroxyl groups excluding tert-OH is 1. The van der Waals surface area contributed by atoms with Crippen molar-refractivity contribution in [2.24, 2.45) is 11.8 Å². The Labute approximate surface area is 174 Å². The first-order valence-electron chi connectivity index (χ1n) is 10.1. The maximum atomic E-state index is 13.0. The highest BCUT2D eigenvalue weighted by molar-refractivity contribution is 7.09. The Balaban J connectivity index is 1.33. The molecule has 8 nitrogen and oxygen atoms in total. The van der Waals surface area contributed by atoms with Gasteiger partial charge in [0, 0.05) is 61.4 Å². The minimum absolute atomic E-state index is 0.0277. The van der Waals surface area contributed by atoms with Crippen LogP contribution in [0.25, 0.3) is 0 Å². The molecule has 2 aromatic heterocycles. The Hall–Kier alpha value is -1.81. The zero-order valence-corrected chi connectivity index (χ0v) is 17.6. The smallest absolute Gasteiger partial charge is 0.244 e. The highest BCUT2D eigenvalue weighted by Crippen LogP contribution is 2.49. The summed E-state index contributed by atoms with van der Waals surface area (Å²) < 4.78 is 8.26. The van der Waals surface area contributed by atoms with Crippen LogP contribution in [0.3, 0.4) is 0 Å². The number of amides is 1. The Kier molecular flexibility index (Phi) is 4.73. The van der Waals surface area contributed by atoms with Gasteiger partial charge in [-0.2, -0.15) is 5.10 Å². The second kappa shape index (κ2) is 7.16. The Morgan fingerprint density at radius 3 is 2.93 bits per heavy atom. The van der Waals surface area contributed by atoms with Crippen LogP contribution < -0.4 is 0 Å². The van der Waals surface area contributed by atoms with Crippen LogP contribution in [0.5, 0.6) is 0 Å². The molecule has 1 N–H and O–H groups in total. The lowest BCUT2D eigenvalue weighted by Crippen LogP contribution is -2.54. The van der Waals surface area contributed by atoms with Gasteiger partial charge in [-0.05, 0) is 19.9 Å². The van der Waals surface area contributed by atoms with Crippen molar-refractivity contribution in [2.45, 2.75) is 38.6 Å². The van der Waals surface area contributed by atoms with Crippen molar-refractivity contribution in [1.82, 2.24) is 24.6 Å². The third-order valence-corrected chi connectivity index (χ3v) is 7.44. The van der Waals surface area contributed by atoms with Crippen LogP contribution >= 0.6 is 11.3 Å². The minimum Gasteiger partial charge on any atom is -0.396 e. The SMILES string of the molecule is Cc1cc(C)n(CC(=O)N2C[C@@H]3[C@H](CO)[C@H]4CN(Cc5cncs5)C[C@]3(C2)O4)n1. The first kappa shape index (κ1) is 19.2.